The lowest BCUT2D eigenvalue weighted by molar-refractivity contribution is -0.136. The Balaban J connectivity index is 1.96. The highest BCUT2D eigenvalue weighted by atomic mass is 79.9. The number of nitrogens with zero attached hydrogens (tertiary/aromatic N) is 2. The molecule has 1 aliphatic heterocycles. The van der Waals surface area contributed by atoms with Crippen molar-refractivity contribution in [3.63, 3.8) is 0 Å². The molecule has 4 rings (SSSR count). The number of esters is 1. The SMILES string of the molecule is COC(=O)C1=C(C)N=c2sc(=Cc3cccc(Br)c3)c(=O)n2C1c1ccc(OC)cc1. The maximum atomic E-state index is 13.4. The molecule has 31 heavy (non-hydrogen) atoms. The van der Waals surface area contributed by atoms with E-state index in [9.17, 15) is 9.59 Å². The molecule has 0 saturated heterocycles. The van der Waals surface area contributed by atoms with Crippen molar-refractivity contribution in [2.75, 3.05) is 14.2 Å². The molecule has 0 amide bonds. The van der Waals surface area contributed by atoms with Gasteiger partial charge < -0.3 is 9.47 Å². The van der Waals surface area contributed by atoms with Crippen molar-refractivity contribution >= 4 is 39.3 Å². The molecular formula is C23H19BrN2O4S. The smallest absolute Gasteiger partial charge is 0.338 e. The predicted molar refractivity (Wildman–Crippen MR) is 123 cm³/mol. The van der Waals surface area contributed by atoms with Gasteiger partial charge >= 0.3 is 5.97 Å². The van der Waals surface area contributed by atoms with E-state index in [4.69, 9.17) is 9.47 Å². The second kappa shape index (κ2) is 8.64. The van der Waals surface area contributed by atoms with Crippen LogP contribution in [0.1, 0.15) is 24.1 Å². The zero-order valence-electron chi connectivity index (χ0n) is 17.1. The predicted octanol–water partition coefficient (Wildman–Crippen LogP) is 3.18. The molecule has 0 N–H and O–H groups in total. The van der Waals surface area contributed by atoms with E-state index < -0.39 is 12.0 Å². The van der Waals surface area contributed by atoms with E-state index in [0.717, 1.165) is 15.6 Å². The van der Waals surface area contributed by atoms with Crippen LogP contribution in [-0.2, 0) is 9.53 Å². The third-order valence-electron chi connectivity index (χ3n) is 5.00. The number of carbonyl (C=O) groups excluding carboxylic acids is 1. The minimum atomic E-state index is -0.640. The lowest BCUT2D eigenvalue weighted by Gasteiger charge is -2.24. The first-order valence-electron chi connectivity index (χ1n) is 9.43. The molecule has 0 spiro atoms. The van der Waals surface area contributed by atoms with Crippen LogP contribution in [-0.4, -0.2) is 24.8 Å². The highest BCUT2D eigenvalue weighted by Crippen LogP contribution is 2.31. The molecule has 0 radical (unpaired) electrons. The van der Waals surface area contributed by atoms with Crippen molar-refractivity contribution in [3.8, 4) is 5.75 Å². The van der Waals surface area contributed by atoms with Crippen LogP contribution in [0, 0.1) is 0 Å². The number of thiazole rings is 1. The Hall–Kier alpha value is -2.97. The van der Waals surface area contributed by atoms with Crippen molar-refractivity contribution < 1.29 is 14.3 Å². The Morgan fingerprint density at radius 3 is 2.58 bits per heavy atom. The van der Waals surface area contributed by atoms with Gasteiger partial charge in [0.05, 0.1) is 36.1 Å². The third-order valence-corrected chi connectivity index (χ3v) is 6.48. The van der Waals surface area contributed by atoms with E-state index in [1.54, 1.807) is 30.7 Å². The van der Waals surface area contributed by atoms with Crippen molar-refractivity contribution in [2.45, 2.75) is 13.0 Å². The van der Waals surface area contributed by atoms with Crippen LogP contribution in [0.15, 0.2) is 74.1 Å². The van der Waals surface area contributed by atoms with Gasteiger partial charge in [0.2, 0.25) is 0 Å². The number of hydrogen-bond acceptors (Lipinski definition) is 6. The van der Waals surface area contributed by atoms with E-state index in [1.807, 2.05) is 42.5 Å². The fraction of sp³-hybridized carbons (Fsp3) is 0.174. The summed E-state index contributed by atoms with van der Waals surface area (Å²) in [4.78, 5) is 31.2. The summed E-state index contributed by atoms with van der Waals surface area (Å²) in [6.07, 6.45) is 1.83. The number of hydrogen-bond donors (Lipinski definition) is 0. The number of ether oxygens (including phenoxy) is 2. The zero-order chi connectivity index (χ0) is 22.1. The van der Waals surface area contributed by atoms with Crippen molar-refractivity contribution in [2.24, 2.45) is 4.99 Å². The number of allylic oxidation sites excluding steroid dienone is 1. The van der Waals surface area contributed by atoms with Gasteiger partial charge in [0.25, 0.3) is 5.56 Å². The maximum Gasteiger partial charge on any atom is 0.338 e. The van der Waals surface area contributed by atoms with E-state index in [1.165, 1.54) is 18.4 Å². The van der Waals surface area contributed by atoms with Crippen molar-refractivity contribution in [1.82, 2.24) is 4.57 Å². The zero-order valence-corrected chi connectivity index (χ0v) is 19.5. The van der Waals surface area contributed by atoms with Gasteiger partial charge in [-0.15, -0.1) is 0 Å². The minimum Gasteiger partial charge on any atom is -0.497 e. The van der Waals surface area contributed by atoms with Crippen LogP contribution < -0.4 is 19.6 Å². The molecule has 3 aromatic rings. The summed E-state index contributed by atoms with van der Waals surface area (Å²) < 4.78 is 13.3. The van der Waals surface area contributed by atoms with Gasteiger partial charge in [-0.05, 0) is 48.4 Å². The molecule has 1 aliphatic rings. The average molecular weight is 499 g/mol. The first-order chi connectivity index (χ1) is 14.9. The van der Waals surface area contributed by atoms with Crippen LogP contribution in [0.25, 0.3) is 6.08 Å². The van der Waals surface area contributed by atoms with Crippen LogP contribution in [0.2, 0.25) is 0 Å². The van der Waals surface area contributed by atoms with Crippen LogP contribution in [0.4, 0.5) is 0 Å². The Morgan fingerprint density at radius 2 is 1.94 bits per heavy atom. The van der Waals surface area contributed by atoms with Crippen LogP contribution >= 0.6 is 27.3 Å². The summed E-state index contributed by atoms with van der Waals surface area (Å²) in [6.45, 7) is 1.76. The topological polar surface area (TPSA) is 69.9 Å². The third kappa shape index (κ3) is 4.00. The Kier molecular flexibility index (Phi) is 5.93. The number of benzene rings is 2. The first-order valence-corrected chi connectivity index (χ1v) is 11.0. The molecule has 6 nitrogen and oxygen atoms in total. The second-order valence-corrected chi connectivity index (χ2v) is 8.83. The summed E-state index contributed by atoms with van der Waals surface area (Å²) in [5, 5.41) is 0. The summed E-state index contributed by atoms with van der Waals surface area (Å²) in [7, 11) is 2.91. The van der Waals surface area contributed by atoms with Gasteiger partial charge in [-0.1, -0.05) is 51.5 Å². The summed E-state index contributed by atoms with van der Waals surface area (Å²) >= 11 is 4.75. The fourth-order valence-corrected chi connectivity index (χ4v) is 5.01. The second-order valence-electron chi connectivity index (χ2n) is 6.90. The van der Waals surface area contributed by atoms with Gasteiger partial charge in [0, 0.05) is 4.47 Å². The minimum absolute atomic E-state index is 0.210. The maximum absolute atomic E-state index is 13.4. The number of methoxy groups -OCH3 is 2. The van der Waals surface area contributed by atoms with Gasteiger partial charge in [-0.25, -0.2) is 9.79 Å². The first kappa shape index (κ1) is 21.3. The quantitative estimate of drug-likeness (QED) is 0.518. The largest absolute Gasteiger partial charge is 0.497 e. The molecule has 0 saturated carbocycles. The molecule has 1 unspecified atom stereocenters. The average Bonchev–Trinajstić information content (AvgIpc) is 3.07. The molecule has 0 fully saturated rings. The molecule has 0 bridgehead atoms. The summed E-state index contributed by atoms with van der Waals surface area (Å²) in [5.74, 6) is 0.175. The lowest BCUT2D eigenvalue weighted by Crippen LogP contribution is -2.39. The number of halogens is 1. The normalized spacial score (nSPS) is 16.0. The summed E-state index contributed by atoms with van der Waals surface area (Å²) in [6, 6.07) is 14.3. The standard InChI is InChI=1S/C23H19BrN2O4S/c1-13-19(22(28)30-3)20(15-7-9-17(29-2)10-8-15)26-21(27)18(31-23(26)25-13)12-14-5-4-6-16(24)11-14/h4-12,20H,1-3H3. The van der Waals surface area contributed by atoms with Gasteiger partial charge in [0.1, 0.15) is 5.75 Å². The number of carbonyl (C=O) groups is 1. The Bertz CT molecular complexity index is 1370. The van der Waals surface area contributed by atoms with E-state index >= 15 is 0 Å². The van der Waals surface area contributed by atoms with Crippen LogP contribution in [0.5, 0.6) is 5.75 Å². The number of fused-ring (bicyclic) bond motifs is 1. The van der Waals surface area contributed by atoms with Gasteiger partial charge in [0.15, 0.2) is 4.80 Å². The van der Waals surface area contributed by atoms with E-state index in [2.05, 4.69) is 20.9 Å². The molecule has 0 aliphatic carbocycles. The highest BCUT2D eigenvalue weighted by Gasteiger charge is 2.33. The molecule has 2 heterocycles. The molecule has 2 aromatic carbocycles. The lowest BCUT2D eigenvalue weighted by atomic mass is 9.96. The van der Waals surface area contributed by atoms with E-state index in [-0.39, 0.29) is 5.56 Å². The van der Waals surface area contributed by atoms with Gasteiger partial charge in [-0.3, -0.25) is 9.36 Å². The van der Waals surface area contributed by atoms with Crippen molar-refractivity contribution in [1.29, 1.82) is 0 Å². The molecular weight excluding hydrogens is 480 g/mol. The molecule has 8 heteroatoms. The molecule has 1 aromatic heterocycles. The van der Waals surface area contributed by atoms with Gasteiger partial charge in [-0.2, -0.15) is 0 Å². The number of rotatable bonds is 4. The van der Waals surface area contributed by atoms with E-state index in [0.29, 0.717) is 26.4 Å². The molecule has 158 valence electrons. The summed E-state index contributed by atoms with van der Waals surface area (Å²) in [5.41, 5.74) is 2.32. The Morgan fingerprint density at radius 1 is 1.19 bits per heavy atom. The van der Waals surface area contributed by atoms with Crippen LogP contribution in [0.3, 0.4) is 0 Å². The highest BCUT2D eigenvalue weighted by molar-refractivity contribution is 9.10. The Labute approximate surface area is 190 Å². The fourth-order valence-electron chi connectivity index (χ4n) is 3.54. The number of aromatic nitrogens is 1. The molecule has 1 atom stereocenters. The van der Waals surface area contributed by atoms with Crippen molar-refractivity contribution in [3.05, 3.63) is 95.1 Å². The monoisotopic (exact) mass is 498 g/mol.